The van der Waals surface area contributed by atoms with E-state index in [0.29, 0.717) is 10.7 Å². The number of benzene rings is 1. The molecule has 0 spiro atoms. The van der Waals surface area contributed by atoms with E-state index in [1.807, 2.05) is 13.0 Å². The number of nitrogens with zero attached hydrogens (tertiary/aromatic N) is 3. The van der Waals surface area contributed by atoms with Crippen LogP contribution in [0.15, 0.2) is 29.3 Å². The van der Waals surface area contributed by atoms with E-state index in [1.165, 1.54) is 11.3 Å². The fourth-order valence-electron chi connectivity index (χ4n) is 1.16. The van der Waals surface area contributed by atoms with Crippen molar-refractivity contribution in [2.24, 2.45) is 4.99 Å². The van der Waals surface area contributed by atoms with Gasteiger partial charge in [0, 0.05) is 11.8 Å². The number of phenols is 1. The molecule has 0 amide bonds. The van der Waals surface area contributed by atoms with Gasteiger partial charge in [-0.3, -0.25) is 0 Å². The second-order valence-corrected chi connectivity index (χ2v) is 4.19. The van der Waals surface area contributed by atoms with E-state index in [-0.39, 0.29) is 5.75 Å². The van der Waals surface area contributed by atoms with Gasteiger partial charge in [-0.25, -0.2) is 4.99 Å². The van der Waals surface area contributed by atoms with Gasteiger partial charge in [0.25, 0.3) is 0 Å². The lowest BCUT2D eigenvalue weighted by Crippen LogP contribution is -1.80. The van der Waals surface area contributed by atoms with Crippen molar-refractivity contribution in [2.45, 2.75) is 13.3 Å². The number of rotatable bonds is 3. The molecule has 16 heavy (non-hydrogen) atoms. The summed E-state index contributed by atoms with van der Waals surface area (Å²) in [4.78, 5) is 4.17. The molecule has 0 radical (unpaired) electrons. The Bertz CT molecular complexity index is 507. The number of aliphatic imine (C=N–C) groups is 1. The Morgan fingerprint density at radius 1 is 1.38 bits per heavy atom. The molecule has 5 heteroatoms. The van der Waals surface area contributed by atoms with Crippen LogP contribution in [0.25, 0.3) is 0 Å². The van der Waals surface area contributed by atoms with Gasteiger partial charge in [-0.2, -0.15) is 0 Å². The van der Waals surface area contributed by atoms with Gasteiger partial charge in [-0.1, -0.05) is 30.4 Å². The first-order chi connectivity index (χ1) is 7.79. The van der Waals surface area contributed by atoms with Gasteiger partial charge in [0.2, 0.25) is 5.13 Å². The van der Waals surface area contributed by atoms with Crippen molar-refractivity contribution in [3.63, 3.8) is 0 Å². The van der Waals surface area contributed by atoms with Crippen molar-refractivity contribution >= 4 is 22.7 Å². The molecule has 1 aromatic carbocycles. The van der Waals surface area contributed by atoms with E-state index in [9.17, 15) is 5.11 Å². The van der Waals surface area contributed by atoms with Crippen molar-refractivity contribution < 1.29 is 5.11 Å². The molecule has 0 atom stereocenters. The highest BCUT2D eigenvalue weighted by atomic mass is 32.1. The Balaban J connectivity index is 2.18. The van der Waals surface area contributed by atoms with E-state index >= 15 is 0 Å². The van der Waals surface area contributed by atoms with Crippen LogP contribution in [0.1, 0.15) is 17.5 Å². The van der Waals surface area contributed by atoms with Crippen molar-refractivity contribution in [1.29, 1.82) is 0 Å². The Kier molecular flexibility index (Phi) is 3.26. The molecule has 4 nitrogen and oxygen atoms in total. The Labute approximate surface area is 97.3 Å². The second kappa shape index (κ2) is 4.85. The van der Waals surface area contributed by atoms with Gasteiger partial charge in [0.15, 0.2) is 0 Å². The van der Waals surface area contributed by atoms with Gasteiger partial charge in [0.05, 0.1) is 0 Å². The summed E-state index contributed by atoms with van der Waals surface area (Å²) in [6.45, 7) is 2.02. The molecule has 0 saturated heterocycles. The second-order valence-electron chi connectivity index (χ2n) is 3.15. The molecular formula is C11H11N3OS. The van der Waals surface area contributed by atoms with Crippen LogP contribution in [0.2, 0.25) is 0 Å². The molecular weight excluding hydrogens is 222 g/mol. The lowest BCUT2D eigenvalue weighted by atomic mass is 10.2. The number of aromatic hydroxyl groups is 1. The normalized spacial score (nSPS) is 11.1. The Morgan fingerprint density at radius 3 is 2.88 bits per heavy atom. The zero-order valence-corrected chi connectivity index (χ0v) is 9.61. The molecule has 0 bridgehead atoms. The van der Waals surface area contributed by atoms with E-state index in [1.54, 1.807) is 24.4 Å². The van der Waals surface area contributed by atoms with Crippen molar-refractivity contribution in [3.8, 4) is 5.75 Å². The number of aryl methyl sites for hydroxylation is 1. The minimum Gasteiger partial charge on any atom is -0.507 e. The van der Waals surface area contributed by atoms with E-state index in [0.717, 1.165) is 11.4 Å². The predicted octanol–water partition coefficient (Wildman–Crippen LogP) is 2.56. The van der Waals surface area contributed by atoms with Gasteiger partial charge in [-0.05, 0) is 18.6 Å². The highest BCUT2D eigenvalue weighted by molar-refractivity contribution is 7.14. The number of aromatic nitrogens is 2. The molecule has 0 saturated carbocycles. The third-order valence-electron chi connectivity index (χ3n) is 2.01. The minimum atomic E-state index is 0.214. The third-order valence-corrected chi connectivity index (χ3v) is 2.99. The lowest BCUT2D eigenvalue weighted by molar-refractivity contribution is 0.474. The highest BCUT2D eigenvalue weighted by Crippen LogP contribution is 2.20. The molecule has 0 aliphatic heterocycles. The first kappa shape index (κ1) is 10.8. The number of phenolic OH excluding ortho intramolecular Hbond substituents is 1. The van der Waals surface area contributed by atoms with Crippen LogP contribution >= 0.6 is 11.3 Å². The molecule has 0 aliphatic rings. The monoisotopic (exact) mass is 233 g/mol. The van der Waals surface area contributed by atoms with E-state index in [4.69, 9.17) is 0 Å². The Hall–Kier alpha value is -1.75. The minimum absolute atomic E-state index is 0.214. The van der Waals surface area contributed by atoms with Gasteiger partial charge < -0.3 is 5.11 Å². The molecule has 1 aromatic heterocycles. The first-order valence-electron chi connectivity index (χ1n) is 4.94. The molecule has 2 rings (SSSR count). The van der Waals surface area contributed by atoms with E-state index in [2.05, 4.69) is 15.2 Å². The summed E-state index contributed by atoms with van der Waals surface area (Å²) in [5.41, 5.74) is 0.677. The summed E-state index contributed by atoms with van der Waals surface area (Å²) >= 11 is 1.46. The zero-order valence-electron chi connectivity index (χ0n) is 8.79. The molecule has 1 N–H and O–H groups in total. The molecule has 0 unspecified atom stereocenters. The summed E-state index contributed by atoms with van der Waals surface area (Å²) < 4.78 is 0. The van der Waals surface area contributed by atoms with Crippen molar-refractivity contribution in [2.75, 3.05) is 0 Å². The molecule has 1 heterocycles. The maximum absolute atomic E-state index is 9.52. The van der Waals surface area contributed by atoms with Gasteiger partial charge in [-0.15, -0.1) is 10.2 Å². The highest BCUT2D eigenvalue weighted by Gasteiger charge is 2.00. The Morgan fingerprint density at radius 2 is 2.19 bits per heavy atom. The van der Waals surface area contributed by atoms with Crippen LogP contribution in [-0.4, -0.2) is 21.5 Å². The summed E-state index contributed by atoms with van der Waals surface area (Å²) in [6, 6.07) is 7.03. The fourth-order valence-corrected chi connectivity index (χ4v) is 1.79. The van der Waals surface area contributed by atoms with E-state index < -0.39 is 0 Å². The number of hydrogen-bond acceptors (Lipinski definition) is 5. The van der Waals surface area contributed by atoms with Gasteiger partial charge >= 0.3 is 0 Å². The lowest BCUT2D eigenvalue weighted by Gasteiger charge is -1.94. The fraction of sp³-hybridized carbons (Fsp3) is 0.182. The van der Waals surface area contributed by atoms with Crippen LogP contribution in [0.5, 0.6) is 5.75 Å². The van der Waals surface area contributed by atoms with Crippen molar-refractivity contribution in [3.05, 3.63) is 34.8 Å². The zero-order chi connectivity index (χ0) is 11.4. The maximum Gasteiger partial charge on any atom is 0.231 e. The quantitative estimate of drug-likeness (QED) is 0.829. The predicted molar refractivity (Wildman–Crippen MR) is 64.6 cm³/mol. The summed E-state index contributed by atoms with van der Waals surface area (Å²) in [5.74, 6) is 0.214. The SMILES string of the molecule is CCc1nnc(/N=C/c2ccccc2O)s1. The molecule has 2 aromatic rings. The molecule has 0 fully saturated rings. The third kappa shape index (κ3) is 2.43. The smallest absolute Gasteiger partial charge is 0.231 e. The standard InChI is InChI=1S/C11H11N3OS/c1-2-10-13-14-11(16-10)12-7-8-5-3-4-6-9(8)15/h3-7,15H,2H2,1H3/b12-7+. The average Bonchev–Trinajstić information content (AvgIpc) is 2.76. The molecule has 0 aliphatic carbocycles. The number of para-hydroxylation sites is 1. The summed E-state index contributed by atoms with van der Waals surface area (Å²) in [6.07, 6.45) is 2.46. The number of hydrogen-bond donors (Lipinski definition) is 1. The summed E-state index contributed by atoms with van der Waals surface area (Å²) in [7, 11) is 0. The van der Waals surface area contributed by atoms with Crippen LogP contribution in [0.3, 0.4) is 0 Å². The van der Waals surface area contributed by atoms with Crippen molar-refractivity contribution in [1.82, 2.24) is 10.2 Å². The van der Waals surface area contributed by atoms with Crippen LogP contribution in [0, 0.1) is 0 Å². The topological polar surface area (TPSA) is 58.4 Å². The van der Waals surface area contributed by atoms with Gasteiger partial charge in [0.1, 0.15) is 10.8 Å². The largest absolute Gasteiger partial charge is 0.507 e. The summed E-state index contributed by atoms with van der Waals surface area (Å²) in [5, 5.41) is 19.0. The van der Waals surface area contributed by atoms with Crippen LogP contribution in [0.4, 0.5) is 5.13 Å². The first-order valence-corrected chi connectivity index (χ1v) is 5.75. The molecule has 82 valence electrons. The van der Waals surface area contributed by atoms with Crippen LogP contribution < -0.4 is 0 Å². The van der Waals surface area contributed by atoms with Crippen LogP contribution in [-0.2, 0) is 6.42 Å². The maximum atomic E-state index is 9.52. The average molecular weight is 233 g/mol.